The molecular formula is C16H38Si3. The highest BCUT2D eigenvalue weighted by molar-refractivity contribution is 7.32. The molecule has 19 heavy (non-hydrogen) atoms. The van der Waals surface area contributed by atoms with Crippen LogP contribution in [0.4, 0.5) is 0 Å². The zero-order valence-corrected chi connectivity index (χ0v) is 17.7. The van der Waals surface area contributed by atoms with Gasteiger partial charge in [0.2, 0.25) is 0 Å². The third-order valence-electron chi connectivity index (χ3n) is 6.22. The fourth-order valence-electron chi connectivity index (χ4n) is 3.70. The molecule has 0 aromatic carbocycles. The fourth-order valence-corrected chi connectivity index (χ4v) is 16.6. The van der Waals surface area contributed by atoms with Crippen LogP contribution in [0.25, 0.3) is 0 Å². The maximum Gasteiger partial charge on any atom is 0.0470 e. The Balaban J connectivity index is 2.41. The SMILES string of the molecule is CC[Si](C)(C)CCC[Si](C)(C)[SiH](C)C1CCCCC1. The van der Waals surface area contributed by atoms with Crippen LogP contribution in [-0.4, -0.2) is 24.0 Å². The van der Waals surface area contributed by atoms with Crippen molar-refractivity contribution >= 4 is 24.0 Å². The summed E-state index contributed by atoms with van der Waals surface area (Å²) in [6.07, 6.45) is 9.37. The van der Waals surface area contributed by atoms with Crippen molar-refractivity contribution in [1.82, 2.24) is 0 Å². The molecule has 0 saturated heterocycles. The Hall–Kier alpha value is 0.651. The van der Waals surface area contributed by atoms with Crippen LogP contribution in [-0.2, 0) is 0 Å². The number of hydrogen-bond donors (Lipinski definition) is 0. The molecule has 3 heteroatoms. The first-order valence-corrected chi connectivity index (χ1v) is 19.0. The smallest absolute Gasteiger partial charge is 0.0470 e. The van der Waals surface area contributed by atoms with Gasteiger partial charge in [0.25, 0.3) is 0 Å². The van der Waals surface area contributed by atoms with E-state index < -0.39 is 24.0 Å². The van der Waals surface area contributed by atoms with Crippen LogP contribution in [0, 0.1) is 0 Å². The molecule has 1 aliphatic carbocycles. The highest BCUT2D eigenvalue weighted by atomic mass is 29.2. The largest absolute Gasteiger partial charge is 0.0737 e. The summed E-state index contributed by atoms with van der Waals surface area (Å²) in [4.78, 5) is 0. The second kappa shape index (κ2) is 7.60. The molecule has 0 aromatic heterocycles. The molecule has 114 valence electrons. The zero-order chi connectivity index (χ0) is 14.5. The quantitative estimate of drug-likeness (QED) is 0.499. The Bertz CT molecular complexity index is 255. The van der Waals surface area contributed by atoms with Crippen molar-refractivity contribution in [3.63, 3.8) is 0 Å². The molecule has 1 rings (SSSR count). The maximum absolute atomic E-state index is 2.74. The predicted molar refractivity (Wildman–Crippen MR) is 99.5 cm³/mol. The summed E-state index contributed by atoms with van der Waals surface area (Å²) in [7, 11) is -2.09. The second-order valence-corrected chi connectivity index (χ2v) is 28.5. The van der Waals surface area contributed by atoms with E-state index in [1.54, 1.807) is 44.2 Å². The second-order valence-electron chi connectivity index (χ2n) is 8.55. The van der Waals surface area contributed by atoms with Crippen molar-refractivity contribution in [2.24, 2.45) is 0 Å². The van der Waals surface area contributed by atoms with Crippen LogP contribution >= 0.6 is 0 Å². The summed E-state index contributed by atoms with van der Waals surface area (Å²) in [5.74, 6) is 0. The van der Waals surface area contributed by atoms with Gasteiger partial charge in [-0.2, -0.15) is 0 Å². The van der Waals surface area contributed by atoms with Gasteiger partial charge >= 0.3 is 0 Å². The van der Waals surface area contributed by atoms with Crippen molar-refractivity contribution in [3.8, 4) is 0 Å². The summed E-state index contributed by atoms with van der Waals surface area (Å²) in [6, 6.07) is 4.71. The number of rotatable bonds is 7. The van der Waals surface area contributed by atoms with Crippen molar-refractivity contribution in [1.29, 1.82) is 0 Å². The molecule has 0 bridgehead atoms. The minimum absolute atomic E-state index is 0.433. The summed E-state index contributed by atoms with van der Waals surface area (Å²) in [5, 5.41) is 0. The first-order valence-electron chi connectivity index (χ1n) is 8.78. The van der Waals surface area contributed by atoms with Crippen molar-refractivity contribution in [2.75, 3.05) is 0 Å². The van der Waals surface area contributed by atoms with E-state index in [0.717, 1.165) is 0 Å². The van der Waals surface area contributed by atoms with E-state index in [2.05, 4.69) is 39.7 Å². The Labute approximate surface area is 126 Å². The lowest BCUT2D eigenvalue weighted by molar-refractivity contribution is 0.499. The van der Waals surface area contributed by atoms with Gasteiger partial charge in [0.05, 0.1) is 0 Å². The van der Waals surface area contributed by atoms with Crippen molar-refractivity contribution in [2.45, 2.75) is 102 Å². The fraction of sp³-hybridized carbons (Fsp3) is 1.00. The molecular weight excluding hydrogens is 276 g/mol. The molecule has 0 heterocycles. The Morgan fingerprint density at radius 2 is 1.53 bits per heavy atom. The number of hydrogen-bond acceptors (Lipinski definition) is 0. The lowest BCUT2D eigenvalue weighted by Gasteiger charge is -2.37. The zero-order valence-electron chi connectivity index (χ0n) is 14.5. The van der Waals surface area contributed by atoms with Crippen LogP contribution < -0.4 is 0 Å². The third-order valence-corrected chi connectivity index (χ3v) is 25.7. The average molecular weight is 315 g/mol. The lowest BCUT2D eigenvalue weighted by atomic mass is 10.0. The molecule has 0 nitrogen and oxygen atoms in total. The van der Waals surface area contributed by atoms with E-state index in [1.165, 1.54) is 18.0 Å². The predicted octanol–water partition coefficient (Wildman–Crippen LogP) is 6.08. The van der Waals surface area contributed by atoms with E-state index in [-0.39, 0.29) is 0 Å². The van der Waals surface area contributed by atoms with E-state index in [9.17, 15) is 0 Å². The van der Waals surface area contributed by atoms with Gasteiger partial charge < -0.3 is 0 Å². The Kier molecular flexibility index (Phi) is 7.08. The summed E-state index contributed by atoms with van der Waals surface area (Å²) in [6.45, 7) is 15.8. The van der Waals surface area contributed by atoms with E-state index in [1.807, 2.05) is 0 Å². The minimum atomic E-state index is -0.846. The molecule has 1 atom stereocenters. The van der Waals surface area contributed by atoms with Crippen molar-refractivity contribution in [3.05, 3.63) is 0 Å². The average Bonchev–Trinajstić information content (AvgIpc) is 2.38. The van der Waals surface area contributed by atoms with E-state index in [4.69, 9.17) is 0 Å². The van der Waals surface area contributed by atoms with Gasteiger partial charge in [-0.15, -0.1) is 0 Å². The summed E-state index contributed by atoms with van der Waals surface area (Å²) < 4.78 is 0. The van der Waals surface area contributed by atoms with Crippen LogP contribution in [0.2, 0.25) is 56.4 Å². The Morgan fingerprint density at radius 3 is 2.05 bits per heavy atom. The van der Waals surface area contributed by atoms with Crippen LogP contribution in [0.1, 0.15) is 45.4 Å². The van der Waals surface area contributed by atoms with Gasteiger partial charge in [-0.25, -0.2) is 0 Å². The topological polar surface area (TPSA) is 0 Å². The van der Waals surface area contributed by atoms with Gasteiger partial charge in [-0.05, 0) is 0 Å². The molecule has 1 aliphatic rings. The maximum atomic E-state index is 2.74. The molecule has 0 N–H and O–H groups in total. The van der Waals surface area contributed by atoms with Crippen LogP contribution in [0.5, 0.6) is 0 Å². The lowest BCUT2D eigenvalue weighted by Crippen LogP contribution is -2.47. The van der Waals surface area contributed by atoms with Crippen molar-refractivity contribution < 1.29 is 0 Å². The summed E-state index contributed by atoms with van der Waals surface area (Å²) >= 11 is 0. The minimum Gasteiger partial charge on any atom is -0.0737 e. The van der Waals surface area contributed by atoms with Crippen LogP contribution in [0.15, 0.2) is 0 Å². The van der Waals surface area contributed by atoms with Gasteiger partial charge in [0.1, 0.15) is 0 Å². The van der Waals surface area contributed by atoms with Gasteiger partial charge in [0.15, 0.2) is 0 Å². The third kappa shape index (κ3) is 5.88. The summed E-state index contributed by atoms with van der Waals surface area (Å²) in [5.41, 5.74) is 1.21. The normalized spacial score (nSPS) is 20.5. The molecule has 1 saturated carbocycles. The van der Waals surface area contributed by atoms with Crippen LogP contribution in [0.3, 0.4) is 0 Å². The van der Waals surface area contributed by atoms with E-state index >= 15 is 0 Å². The molecule has 0 aliphatic heterocycles. The standard InChI is InChI=1S/C16H38Si3/c1-7-18(3,4)14-11-15-19(5,6)17(2)16-12-9-8-10-13-16/h16-17H,7-15H2,1-6H3. The van der Waals surface area contributed by atoms with Gasteiger partial charge in [-0.1, -0.05) is 102 Å². The van der Waals surface area contributed by atoms with Gasteiger partial charge in [0, 0.05) is 24.0 Å². The van der Waals surface area contributed by atoms with Gasteiger partial charge in [-0.3, -0.25) is 0 Å². The molecule has 0 amide bonds. The van der Waals surface area contributed by atoms with E-state index in [0.29, 0.717) is 0 Å². The molecule has 1 unspecified atom stereocenters. The first kappa shape index (κ1) is 17.7. The molecule has 0 radical (unpaired) electrons. The molecule has 0 spiro atoms. The monoisotopic (exact) mass is 314 g/mol. The highest BCUT2D eigenvalue weighted by Gasteiger charge is 2.35. The Morgan fingerprint density at radius 1 is 0.947 bits per heavy atom. The first-order chi connectivity index (χ1) is 8.78. The molecule has 1 fully saturated rings. The highest BCUT2D eigenvalue weighted by Crippen LogP contribution is 2.36. The molecule has 0 aromatic rings.